The van der Waals surface area contributed by atoms with Gasteiger partial charge in [-0.1, -0.05) is 30.3 Å². The van der Waals surface area contributed by atoms with E-state index < -0.39 is 12.1 Å². The number of carboxylic acid groups (broad SMARTS) is 1. The van der Waals surface area contributed by atoms with E-state index in [1.165, 1.54) is 0 Å². The molecule has 1 aromatic rings. The first-order valence-corrected chi connectivity index (χ1v) is 5.29. The summed E-state index contributed by atoms with van der Waals surface area (Å²) in [6.45, 7) is 0.536. The van der Waals surface area contributed by atoms with Gasteiger partial charge in [0.1, 0.15) is 0 Å². The van der Waals surface area contributed by atoms with E-state index in [4.69, 9.17) is 9.84 Å². The number of ether oxygens (including phenoxy) is 1. The summed E-state index contributed by atoms with van der Waals surface area (Å²) < 4.78 is 5.28. The zero-order valence-electron chi connectivity index (χ0n) is 9.33. The summed E-state index contributed by atoms with van der Waals surface area (Å²) >= 11 is 0. The van der Waals surface area contributed by atoms with Crippen molar-refractivity contribution in [2.45, 2.75) is 19.1 Å². The van der Waals surface area contributed by atoms with Crippen LogP contribution in [0.4, 0.5) is 0 Å². The number of hydrogen-bond acceptors (Lipinski definition) is 3. The van der Waals surface area contributed by atoms with Crippen molar-refractivity contribution < 1.29 is 19.4 Å². The zero-order valence-corrected chi connectivity index (χ0v) is 9.33. The first-order chi connectivity index (χ1) is 8.24. The summed E-state index contributed by atoms with van der Waals surface area (Å²) in [4.78, 5) is 20.9. The van der Waals surface area contributed by atoms with E-state index in [-0.39, 0.29) is 19.6 Å². The molecule has 0 saturated heterocycles. The van der Waals surface area contributed by atoms with Gasteiger partial charge in [0.25, 0.3) is 0 Å². The third kappa shape index (κ3) is 5.12. The van der Waals surface area contributed by atoms with E-state index >= 15 is 0 Å². The largest absolute Gasteiger partial charge is 0.479 e. The molecule has 0 saturated carbocycles. The molecule has 2 N–H and O–H groups in total. The van der Waals surface area contributed by atoms with Gasteiger partial charge >= 0.3 is 5.97 Å². The topological polar surface area (TPSA) is 75.6 Å². The van der Waals surface area contributed by atoms with Crippen LogP contribution < -0.4 is 5.32 Å². The molecular formula is C12H15NO4. The number of aliphatic carboxylic acids is 1. The molecule has 1 rings (SSSR count). The van der Waals surface area contributed by atoms with Gasteiger partial charge in [-0.3, -0.25) is 4.79 Å². The van der Waals surface area contributed by atoms with Gasteiger partial charge in [-0.25, -0.2) is 4.79 Å². The monoisotopic (exact) mass is 237 g/mol. The van der Waals surface area contributed by atoms with E-state index in [1.54, 1.807) is 0 Å². The van der Waals surface area contributed by atoms with Crippen LogP contribution in [0, 0.1) is 0 Å². The quantitative estimate of drug-likeness (QED) is 0.518. The molecule has 0 aliphatic carbocycles. The summed E-state index contributed by atoms with van der Waals surface area (Å²) in [6, 6.07) is 9.34. The molecule has 1 amide bonds. The predicted octanol–water partition coefficient (Wildman–Crippen LogP) is 0.792. The third-order valence-electron chi connectivity index (χ3n) is 2.20. The van der Waals surface area contributed by atoms with Crippen molar-refractivity contribution in [3.8, 4) is 0 Å². The fraction of sp³-hybridized carbons (Fsp3) is 0.333. The van der Waals surface area contributed by atoms with E-state index in [2.05, 4.69) is 5.32 Å². The molecule has 1 aromatic carbocycles. The Morgan fingerprint density at radius 1 is 1.41 bits per heavy atom. The number of rotatable bonds is 8. The van der Waals surface area contributed by atoms with Gasteiger partial charge in [0, 0.05) is 13.0 Å². The Balaban J connectivity index is 2.39. The summed E-state index contributed by atoms with van der Waals surface area (Å²) in [5.74, 6) is -1.02. The van der Waals surface area contributed by atoms with Gasteiger partial charge in [0.15, 0.2) is 6.10 Å². The molecule has 1 unspecified atom stereocenters. The minimum absolute atomic E-state index is 0.249. The Morgan fingerprint density at radius 3 is 2.71 bits per heavy atom. The van der Waals surface area contributed by atoms with Crippen molar-refractivity contribution in [2.24, 2.45) is 0 Å². The highest BCUT2D eigenvalue weighted by atomic mass is 16.5. The normalized spacial score (nSPS) is 11.8. The molecule has 1 atom stereocenters. The summed E-state index contributed by atoms with van der Waals surface area (Å²) in [6.07, 6.45) is -0.112. The zero-order chi connectivity index (χ0) is 12.5. The van der Waals surface area contributed by atoms with Crippen LogP contribution in [0.15, 0.2) is 30.3 Å². The van der Waals surface area contributed by atoms with Crippen LogP contribution in [-0.2, 0) is 20.9 Å². The molecule has 0 fully saturated rings. The van der Waals surface area contributed by atoms with E-state index in [0.717, 1.165) is 5.56 Å². The number of benzene rings is 1. The fourth-order valence-electron chi connectivity index (χ4n) is 1.32. The van der Waals surface area contributed by atoms with Crippen molar-refractivity contribution >= 4 is 12.4 Å². The molecule has 17 heavy (non-hydrogen) atoms. The number of carbonyl (C=O) groups is 2. The lowest BCUT2D eigenvalue weighted by Crippen LogP contribution is -2.28. The lowest BCUT2D eigenvalue weighted by atomic mass is 10.2. The van der Waals surface area contributed by atoms with Crippen molar-refractivity contribution in [3.63, 3.8) is 0 Å². The smallest absolute Gasteiger partial charge is 0.332 e. The number of hydrogen-bond donors (Lipinski definition) is 2. The molecule has 5 nitrogen and oxygen atoms in total. The Morgan fingerprint density at radius 2 is 2.12 bits per heavy atom. The molecular weight excluding hydrogens is 222 g/mol. The van der Waals surface area contributed by atoms with Gasteiger partial charge in [-0.05, 0) is 5.56 Å². The first-order valence-electron chi connectivity index (χ1n) is 5.29. The molecule has 0 aromatic heterocycles. The van der Waals surface area contributed by atoms with Crippen LogP contribution in [0.25, 0.3) is 0 Å². The molecule has 5 heteroatoms. The van der Waals surface area contributed by atoms with Crippen LogP contribution in [0.1, 0.15) is 12.0 Å². The van der Waals surface area contributed by atoms with E-state index in [9.17, 15) is 9.59 Å². The maximum Gasteiger partial charge on any atom is 0.332 e. The lowest BCUT2D eigenvalue weighted by molar-refractivity contribution is -0.151. The van der Waals surface area contributed by atoms with Gasteiger partial charge in [0.2, 0.25) is 6.41 Å². The lowest BCUT2D eigenvalue weighted by Gasteiger charge is -2.13. The van der Waals surface area contributed by atoms with E-state index in [1.807, 2.05) is 30.3 Å². The summed E-state index contributed by atoms with van der Waals surface area (Å²) in [5.41, 5.74) is 0.919. The van der Waals surface area contributed by atoms with Gasteiger partial charge < -0.3 is 15.2 Å². The summed E-state index contributed by atoms with van der Waals surface area (Å²) in [5, 5.41) is 11.3. The highest BCUT2D eigenvalue weighted by molar-refractivity contribution is 5.72. The standard InChI is InChI=1S/C12H15NO4/c14-9-13-7-6-11(12(15)16)17-8-10-4-2-1-3-5-10/h1-5,9,11H,6-8H2,(H,13,14)(H,15,16). The highest BCUT2D eigenvalue weighted by Gasteiger charge is 2.17. The third-order valence-corrected chi connectivity index (χ3v) is 2.20. The van der Waals surface area contributed by atoms with Crippen LogP contribution in [0.3, 0.4) is 0 Å². The Hall–Kier alpha value is -1.88. The number of nitrogens with one attached hydrogen (secondary N) is 1. The van der Waals surface area contributed by atoms with Crippen molar-refractivity contribution in [1.82, 2.24) is 5.32 Å². The van der Waals surface area contributed by atoms with Crippen LogP contribution in [0.5, 0.6) is 0 Å². The molecule has 0 aliphatic heterocycles. The molecule has 92 valence electrons. The molecule has 0 bridgehead atoms. The minimum atomic E-state index is -1.02. The highest BCUT2D eigenvalue weighted by Crippen LogP contribution is 2.05. The van der Waals surface area contributed by atoms with E-state index in [0.29, 0.717) is 6.41 Å². The molecule has 0 spiro atoms. The van der Waals surface area contributed by atoms with Gasteiger partial charge in [-0.2, -0.15) is 0 Å². The van der Waals surface area contributed by atoms with Crippen molar-refractivity contribution in [1.29, 1.82) is 0 Å². The van der Waals surface area contributed by atoms with Crippen LogP contribution in [0.2, 0.25) is 0 Å². The van der Waals surface area contributed by atoms with Crippen molar-refractivity contribution in [2.75, 3.05) is 6.54 Å². The SMILES string of the molecule is O=CNCCC(OCc1ccccc1)C(=O)O. The number of carbonyl (C=O) groups excluding carboxylic acids is 1. The average molecular weight is 237 g/mol. The molecule has 0 aliphatic rings. The van der Waals surface area contributed by atoms with Gasteiger partial charge in [-0.15, -0.1) is 0 Å². The second-order valence-corrected chi connectivity index (χ2v) is 3.48. The second-order valence-electron chi connectivity index (χ2n) is 3.48. The fourth-order valence-corrected chi connectivity index (χ4v) is 1.32. The number of carboxylic acids is 1. The molecule has 0 heterocycles. The van der Waals surface area contributed by atoms with Crippen molar-refractivity contribution in [3.05, 3.63) is 35.9 Å². The summed E-state index contributed by atoms with van der Waals surface area (Å²) in [7, 11) is 0. The van der Waals surface area contributed by atoms with Crippen LogP contribution >= 0.6 is 0 Å². The van der Waals surface area contributed by atoms with Crippen LogP contribution in [-0.4, -0.2) is 30.1 Å². The Kier molecular flexibility index (Phi) is 5.74. The first kappa shape index (κ1) is 13.2. The maximum absolute atomic E-state index is 10.9. The average Bonchev–Trinajstić information content (AvgIpc) is 2.34. The predicted molar refractivity (Wildman–Crippen MR) is 61.3 cm³/mol. The molecule has 0 radical (unpaired) electrons. The Bertz CT molecular complexity index is 353. The second kappa shape index (κ2) is 7.40. The number of amides is 1. The minimum Gasteiger partial charge on any atom is -0.479 e. The Labute approximate surface area is 99.4 Å². The maximum atomic E-state index is 10.9. The van der Waals surface area contributed by atoms with Gasteiger partial charge in [0.05, 0.1) is 6.61 Å².